The van der Waals surface area contributed by atoms with Crippen molar-refractivity contribution in [3.8, 4) is 17.2 Å². The summed E-state index contributed by atoms with van der Waals surface area (Å²) in [5, 5.41) is 10.7. The Bertz CT molecular complexity index is 745. The molecule has 2 aromatic rings. The first-order valence-corrected chi connectivity index (χ1v) is 6.06. The summed E-state index contributed by atoms with van der Waals surface area (Å²) in [6.07, 6.45) is -4.65. The highest BCUT2D eigenvalue weighted by Crippen LogP contribution is 2.35. The molecule has 0 saturated heterocycles. The summed E-state index contributed by atoms with van der Waals surface area (Å²) in [4.78, 5) is 20.8. The maximum atomic E-state index is 12.3. The molecular weight excluding hydrogens is 319 g/mol. The van der Waals surface area contributed by atoms with Crippen molar-refractivity contribution < 1.29 is 32.4 Å². The van der Waals surface area contributed by atoms with E-state index in [1.54, 1.807) is 0 Å². The SMILES string of the molecule is O=Cc1cc(Oc2ccccc2OC(F)(F)F)ccc1[N+](=O)[O-]. The van der Waals surface area contributed by atoms with Crippen LogP contribution in [-0.2, 0) is 0 Å². The van der Waals surface area contributed by atoms with E-state index in [1.165, 1.54) is 18.2 Å². The van der Waals surface area contributed by atoms with Crippen LogP contribution in [0, 0.1) is 10.1 Å². The molecule has 2 rings (SSSR count). The molecule has 0 N–H and O–H groups in total. The number of aldehydes is 1. The monoisotopic (exact) mass is 327 g/mol. The van der Waals surface area contributed by atoms with E-state index in [4.69, 9.17) is 4.74 Å². The quantitative estimate of drug-likeness (QED) is 0.469. The van der Waals surface area contributed by atoms with Crippen molar-refractivity contribution in [1.82, 2.24) is 0 Å². The second-order valence-corrected chi connectivity index (χ2v) is 4.19. The number of hydrogen-bond donors (Lipinski definition) is 0. The van der Waals surface area contributed by atoms with Gasteiger partial charge in [-0.1, -0.05) is 12.1 Å². The van der Waals surface area contributed by atoms with Crippen molar-refractivity contribution in [2.75, 3.05) is 0 Å². The lowest BCUT2D eigenvalue weighted by Crippen LogP contribution is -2.17. The van der Waals surface area contributed by atoms with Crippen LogP contribution in [0.15, 0.2) is 42.5 Å². The maximum Gasteiger partial charge on any atom is 0.573 e. The number of carbonyl (C=O) groups is 1. The minimum absolute atomic E-state index is 0.0454. The minimum atomic E-state index is -4.90. The molecule has 0 aliphatic heterocycles. The standard InChI is InChI=1S/C14H8F3NO5/c15-14(16,17)23-13-4-2-1-3-12(13)22-10-5-6-11(18(20)21)9(7-10)8-19/h1-8H. The summed E-state index contributed by atoms with van der Waals surface area (Å²) in [5.41, 5.74) is -0.700. The van der Waals surface area contributed by atoms with Gasteiger partial charge in [-0.25, -0.2) is 0 Å². The van der Waals surface area contributed by atoms with Gasteiger partial charge in [0, 0.05) is 6.07 Å². The highest BCUT2D eigenvalue weighted by atomic mass is 19.4. The number of ether oxygens (including phenoxy) is 2. The number of nitrogens with zero attached hydrogens (tertiary/aromatic N) is 1. The van der Waals surface area contributed by atoms with Crippen LogP contribution in [-0.4, -0.2) is 17.6 Å². The number of halogens is 3. The molecular formula is C14H8F3NO5. The van der Waals surface area contributed by atoms with E-state index in [0.29, 0.717) is 0 Å². The molecule has 0 radical (unpaired) electrons. The van der Waals surface area contributed by atoms with Gasteiger partial charge < -0.3 is 9.47 Å². The average Bonchev–Trinajstić information content (AvgIpc) is 2.47. The summed E-state index contributed by atoms with van der Waals surface area (Å²) in [6, 6.07) is 8.25. The van der Waals surface area contributed by atoms with Crippen LogP contribution in [0.4, 0.5) is 18.9 Å². The van der Waals surface area contributed by atoms with Gasteiger partial charge in [0.15, 0.2) is 17.8 Å². The van der Waals surface area contributed by atoms with Gasteiger partial charge in [-0.3, -0.25) is 14.9 Å². The van der Waals surface area contributed by atoms with Crippen LogP contribution in [0.25, 0.3) is 0 Å². The summed E-state index contributed by atoms with van der Waals surface area (Å²) in [6.45, 7) is 0. The van der Waals surface area contributed by atoms with E-state index >= 15 is 0 Å². The summed E-state index contributed by atoms with van der Waals surface area (Å²) < 4.78 is 46.0. The Labute approximate surface area is 127 Å². The van der Waals surface area contributed by atoms with E-state index in [-0.39, 0.29) is 23.3 Å². The van der Waals surface area contributed by atoms with Crippen molar-refractivity contribution >= 4 is 12.0 Å². The van der Waals surface area contributed by atoms with Crippen molar-refractivity contribution in [3.63, 3.8) is 0 Å². The Morgan fingerprint density at radius 1 is 1.09 bits per heavy atom. The van der Waals surface area contributed by atoms with Gasteiger partial charge in [-0.2, -0.15) is 0 Å². The first kappa shape index (κ1) is 16.3. The molecule has 0 spiro atoms. The van der Waals surface area contributed by atoms with Crippen LogP contribution in [0.3, 0.4) is 0 Å². The highest BCUT2D eigenvalue weighted by Gasteiger charge is 2.32. The minimum Gasteiger partial charge on any atom is -0.453 e. The lowest BCUT2D eigenvalue weighted by molar-refractivity contribution is -0.385. The Kier molecular flexibility index (Phi) is 4.49. The zero-order chi connectivity index (χ0) is 17.0. The predicted octanol–water partition coefficient (Wildman–Crippen LogP) is 4.10. The van der Waals surface area contributed by atoms with E-state index in [1.807, 2.05) is 0 Å². The third-order valence-corrected chi connectivity index (χ3v) is 2.63. The van der Waals surface area contributed by atoms with Crippen molar-refractivity contribution in [3.05, 3.63) is 58.1 Å². The maximum absolute atomic E-state index is 12.3. The molecule has 9 heteroatoms. The molecule has 2 aromatic carbocycles. The fourth-order valence-corrected chi connectivity index (χ4v) is 1.73. The Balaban J connectivity index is 2.33. The number of benzene rings is 2. The van der Waals surface area contributed by atoms with E-state index in [0.717, 1.165) is 24.3 Å². The molecule has 0 saturated carbocycles. The number of hydrogen-bond acceptors (Lipinski definition) is 5. The lowest BCUT2D eigenvalue weighted by Gasteiger charge is -2.13. The molecule has 0 atom stereocenters. The Hall–Kier alpha value is -3.10. The van der Waals surface area contributed by atoms with Crippen LogP contribution < -0.4 is 9.47 Å². The van der Waals surface area contributed by atoms with Gasteiger partial charge in [0.1, 0.15) is 5.75 Å². The molecule has 120 valence electrons. The van der Waals surface area contributed by atoms with Crippen LogP contribution in [0.5, 0.6) is 17.2 Å². The molecule has 0 bridgehead atoms. The van der Waals surface area contributed by atoms with Crippen LogP contribution in [0.2, 0.25) is 0 Å². The third-order valence-electron chi connectivity index (χ3n) is 2.63. The molecule has 0 amide bonds. The van der Waals surface area contributed by atoms with Gasteiger partial charge in [0.05, 0.1) is 10.5 Å². The molecule has 0 heterocycles. The zero-order valence-electron chi connectivity index (χ0n) is 11.2. The second-order valence-electron chi connectivity index (χ2n) is 4.19. The van der Waals surface area contributed by atoms with Crippen molar-refractivity contribution in [1.29, 1.82) is 0 Å². The van der Waals surface area contributed by atoms with Crippen molar-refractivity contribution in [2.45, 2.75) is 6.36 Å². The number of alkyl halides is 3. The molecule has 23 heavy (non-hydrogen) atoms. The predicted molar refractivity (Wildman–Crippen MR) is 71.7 cm³/mol. The second kappa shape index (κ2) is 6.34. The topological polar surface area (TPSA) is 78.7 Å². The van der Waals surface area contributed by atoms with Crippen molar-refractivity contribution in [2.24, 2.45) is 0 Å². The number of para-hydroxylation sites is 2. The number of nitro groups is 1. The fraction of sp³-hybridized carbons (Fsp3) is 0.0714. The first-order valence-electron chi connectivity index (χ1n) is 6.06. The van der Waals surface area contributed by atoms with E-state index in [9.17, 15) is 28.1 Å². The summed E-state index contributed by atoms with van der Waals surface area (Å²) in [7, 11) is 0. The highest BCUT2D eigenvalue weighted by molar-refractivity contribution is 5.82. The summed E-state index contributed by atoms with van der Waals surface area (Å²) in [5.74, 6) is -0.877. The van der Waals surface area contributed by atoms with Gasteiger partial charge >= 0.3 is 6.36 Å². The molecule has 0 aliphatic rings. The van der Waals surface area contributed by atoms with Gasteiger partial charge in [0.25, 0.3) is 5.69 Å². The van der Waals surface area contributed by atoms with Gasteiger partial charge in [0.2, 0.25) is 0 Å². The van der Waals surface area contributed by atoms with Gasteiger partial charge in [-0.15, -0.1) is 13.2 Å². The normalized spacial score (nSPS) is 10.9. The van der Waals surface area contributed by atoms with Crippen LogP contribution >= 0.6 is 0 Å². The molecule has 0 aromatic heterocycles. The Morgan fingerprint density at radius 2 is 1.74 bits per heavy atom. The first-order chi connectivity index (χ1) is 10.8. The smallest absolute Gasteiger partial charge is 0.453 e. The molecule has 0 aliphatic carbocycles. The number of carbonyl (C=O) groups excluding carboxylic acids is 1. The molecule has 6 nitrogen and oxygen atoms in total. The van der Waals surface area contributed by atoms with Crippen LogP contribution in [0.1, 0.15) is 10.4 Å². The van der Waals surface area contributed by atoms with Gasteiger partial charge in [-0.05, 0) is 24.3 Å². The average molecular weight is 327 g/mol. The fourth-order valence-electron chi connectivity index (χ4n) is 1.73. The molecule has 0 unspecified atom stereocenters. The number of nitro benzene ring substituents is 1. The zero-order valence-corrected chi connectivity index (χ0v) is 11.2. The largest absolute Gasteiger partial charge is 0.573 e. The van der Waals surface area contributed by atoms with E-state index < -0.39 is 22.7 Å². The van der Waals surface area contributed by atoms with E-state index in [2.05, 4.69) is 4.74 Å². The summed E-state index contributed by atoms with van der Waals surface area (Å²) >= 11 is 0. The molecule has 0 fully saturated rings. The lowest BCUT2D eigenvalue weighted by atomic mass is 10.2. The number of rotatable bonds is 5. The Morgan fingerprint density at radius 3 is 2.30 bits per heavy atom. The third kappa shape index (κ3) is 4.19.